The van der Waals surface area contributed by atoms with Gasteiger partial charge in [0.15, 0.2) is 6.04 Å². The summed E-state index contributed by atoms with van der Waals surface area (Å²) in [6, 6.07) is 7.84. The highest BCUT2D eigenvalue weighted by molar-refractivity contribution is 5.83. The maximum atomic E-state index is 13.3. The minimum Gasteiger partial charge on any atom is -0.479 e. The summed E-state index contributed by atoms with van der Waals surface area (Å²) >= 11 is 0. The highest BCUT2D eigenvalue weighted by atomic mass is 19.4. The van der Waals surface area contributed by atoms with Gasteiger partial charge in [-0.2, -0.15) is 18.4 Å². The lowest BCUT2D eigenvalue weighted by Crippen LogP contribution is -2.30. The average molecular weight is 347 g/mol. The number of fused-ring (bicyclic) bond motifs is 1. The molecule has 128 valence electrons. The van der Waals surface area contributed by atoms with Crippen LogP contribution in [0, 0.1) is 18.3 Å². The van der Waals surface area contributed by atoms with E-state index in [1.165, 1.54) is 11.8 Å². The van der Waals surface area contributed by atoms with Gasteiger partial charge in [0.1, 0.15) is 17.5 Å². The molecule has 1 aliphatic heterocycles. The molecular formula is C17H12F3N3O2. The Morgan fingerprint density at radius 1 is 1.40 bits per heavy atom. The van der Waals surface area contributed by atoms with Gasteiger partial charge < -0.3 is 10.0 Å². The molecule has 0 bridgehead atoms. The van der Waals surface area contributed by atoms with Crippen LogP contribution in [0.3, 0.4) is 0 Å². The molecule has 0 unspecified atom stereocenters. The van der Waals surface area contributed by atoms with Crippen LogP contribution in [0.25, 0.3) is 0 Å². The van der Waals surface area contributed by atoms with Crippen LogP contribution in [0.4, 0.5) is 19.0 Å². The van der Waals surface area contributed by atoms with Crippen molar-refractivity contribution >= 4 is 11.8 Å². The number of carbonyl (C=O) groups is 1. The van der Waals surface area contributed by atoms with E-state index in [1.54, 1.807) is 30.3 Å². The SMILES string of the molecule is Cc1cc(C(F)(F)F)c(C#N)c(N2Cc3ccccc3[C@@H]2C(=O)O)n1. The van der Waals surface area contributed by atoms with E-state index in [9.17, 15) is 28.3 Å². The number of aryl methyl sites for hydroxylation is 1. The van der Waals surface area contributed by atoms with Crippen LogP contribution in [-0.2, 0) is 17.5 Å². The predicted molar refractivity (Wildman–Crippen MR) is 81.7 cm³/mol. The van der Waals surface area contributed by atoms with Crippen molar-refractivity contribution in [3.63, 3.8) is 0 Å². The van der Waals surface area contributed by atoms with Gasteiger partial charge in [-0.1, -0.05) is 24.3 Å². The van der Waals surface area contributed by atoms with Gasteiger partial charge in [-0.25, -0.2) is 9.78 Å². The standard InChI is InChI=1S/C17H12F3N3O2/c1-9-6-13(17(18,19)20)12(7-21)15(22-9)23-8-10-4-2-3-5-11(10)14(23)16(24)25/h2-6,14H,8H2,1H3,(H,24,25)/t14-/m1/s1. The molecule has 2 heterocycles. The normalized spacial score (nSPS) is 16.4. The van der Waals surface area contributed by atoms with E-state index in [2.05, 4.69) is 4.98 Å². The van der Waals surface area contributed by atoms with Crippen molar-refractivity contribution < 1.29 is 23.1 Å². The summed E-state index contributed by atoms with van der Waals surface area (Å²) in [6.07, 6.45) is -4.74. The lowest BCUT2D eigenvalue weighted by Gasteiger charge is -2.25. The van der Waals surface area contributed by atoms with Crippen molar-refractivity contribution in [1.29, 1.82) is 5.26 Å². The zero-order valence-electron chi connectivity index (χ0n) is 13.0. The molecular weight excluding hydrogens is 335 g/mol. The van der Waals surface area contributed by atoms with Gasteiger partial charge in [0.05, 0.1) is 5.56 Å². The van der Waals surface area contributed by atoms with Crippen LogP contribution in [0.5, 0.6) is 0 Å². The molecule has 0 amide bonds. The van der Waals surface area contributed by atoms with E-state index >= 15 is 0 Å². The van der Waals surface area contributed by atoms with Gasteiger partial charge in [0, 0.05) is 12.2 Å². The van der Waals surface area contributed by atoms with Gasteiger partial charge in [-0.05, 0) is 24.1 Å². The van der Waals surface area contributed by atoms with Crippen LogP contribution in [0.15, 0.2) is 30.3 Å². The molecule has 0 spiro atoms. The van der Waals surface area contributed by atoms with E-state index in [0.29, 0.717) is 11.1 Å². The Morgan fingerprint density at radius 3 is 2.68 bits per heavy atom. The number of benzene rings is 1. The minimum absolute atomic E-state index is 0.0569. The highest BCUT2D eigenvalue weighted by Crippen LogP contribution is 2.41. The number of nitriles is 1. The summed E-state index contributed by atoms with van der Waals surface area (Å²) in [4.78, 5) is 17.0. The number of hydrogen-bond donors (Lipinski definition) is 1. The number of nitrogens with zero attached hydrogens (tertiary/aromatic N) is 3. The molecule has 1 aromatic heterocycles. The van der Waals surface area contributed by atoms with Gasteiger partial charge in [0.2, 0.25) is 0 Å². The zero-order chi connectivity index (χ0) is 18.4. The summed E-state index contributed by atoms with van der Waals surface area (Å²) in [5.74, 6) is -1.48. The second-order valence-electron chi connectivity index (χ2n) is 5.69. The number of aliphatic carboxylic acids is 1. The molecule has 1 N–H and O–H groups in total. The van der Waals surface area contributed by atoms with Gasteiger partial charge in [-0.15, -0.1) is 0 Å². The molecule has 1 aromatic carbocycles. The lowest BCUT2D eigenvalue weighted by atomic mass is 10.0. The number of halogens is 3. The second-order valence-corrected chi connectivity index (χ2v) is 5.69. The third kappa shape index (κ3) is 2.78. The van der Waals surface area contributed by atoms with Crippen molar-refractivity contribution in [1.82, 2.24) is 4.98 Å². The van der Waals surface area contributed by atoms with Crippen LogP contribution < -0.4 is 4.90 Å². The van der Waals surface area contributed by atoms with E-state index in [-0.39, 0.29) is 18.1 Å². The fraction of sp³-hybridized carbons (Fsp3) is 0.235. The molecule has 0 aliphatic carbocycles. The Hall–Kier alpha value is -3.08. The number of hydrogen-bond acceptors (Lipinski definition) is 4. The molecule has 5 nitrogen and oxygen atoms in total. The molecule has 2 aromatic rings. The van der Waals surface area contributed by atoms with Gasteiger partial charge in [-0.3, -0.25) is 0 Å². The first-order chi connectivity index (χ1) is 11.7. The summed E-state index contributed by atoms with van der Waals surface area (Å²) in [6.45, 7) is 1.44. The number of pyridine rings is 1. The molecule has 0 saturated carbocycles. The first kappa shape index (κ1) is 16.8. The maximum absolute atomic E-state index is 13.3. The summed E-state index contributed by atoms with van der Waals surface area (Å²) in [5.41, 5.74) is -0.567. The van der Waals surface area contributed by atoms with E-state index in [0.717, 1.165) is 6.07 Å². The third-order valence-electron chi connectivity index (χ3n) is 4.05. The van der Waals surface area contributed by atoms with Gasteiger partial charge >= 0.3 is 12.1 Å². The number of carboxylic acids is 1. The van der Waals surface area contributed by atoms with E-state index < -0.39 is 29.3 Å². The highest BCUT2D eigenvalue weighted by Gasteiger charge is 2.41. The summed E-state index contributed by atoms with van der Waals surface area (Å²) in [7, 11) is 0. The Morgan fingerprint density at radius 2 is 2.08 bits per heavy atom. The van der Waals surface area contributed by atoms with Crippen molar-refractivity contribution in [2.45, 2.75) is 25.7 Å². The van der Waals surface area contributed by atoms with E-state index in [4.69, 9.17) is 0 Å². The van der Waals surface area contributed by atoms with E-state index in [1.807, 2.05) is 0 Å². The minimum atomic E-state index is -4.74. The number of rotatable bonds is 2. The molecule has 1 atom stereocenters. The van der Waals surface area contributed by atoms with Crippen molar-refractivity contribution in [2.75, 3.05) is 4.90 Å². The quantitative estimate of drug-likeness (QED) is 0.901. The molecule has 3 rings (SSSR count). The molecule has 0 saturated heterocycles. The third-order valence-corrected chi connectivity index (χ3v) is 4.05. The summed E-state index contributed by atoms with van der Waals surface area (Å²) in [5, 5.41) is 18.9. The average Bonchev–Trinajstić information content (AvgIpc) is 2.92. The molecule has 1 aliphatic rings. The van der Waals surface area contributed by atoms with Crippen molar-refractivity contribution in [3.8, 4) is 6.07 Å². The second kappa shape index (κ2) is 5.77. The topological polar surface area (TPSA) is 77.2 Å². The Kier molecular flexibility index (Phi) is 3.87. The van der Waals surface area contributed by atoms with Crippen LogP contribution in [0.1, 0.15) is 34.0 Å². The zero-order valence-corrected chi connectivity index (χ0v) is 13.0. The Bertz CT molecular complexity index is 903. The molecule has 8 heteroatoms. The fourth-order valence-corrected chi connectivity index (χ4v) is 3.05. The number of aromatic nitrogens is 1. The number of anilines is 1. The monoisotopic (exact) mass is 347 g/mol. The first-order valence-electron chi connectivity index (χ1n) is 7.30. The number of carboxylic acid groups (broad SMARTS) is 1. The van der Waals surface area contributed by atoms with Crippen LogP contribution in [0.2, 0.25) is 0 Å². The summed E-state index contributed by atoms with van der Waals surface area (Å²) < 4.78 is 39.9. The van der Waals surface area contributed by atoms with Crippen LogP contribution >= 0.6 is 0 Å². The molecule has 0 fully saturated rings. The predicted octanol–water partition coefficient (Wildman–Crippen LogP) is 3.43. The molecule has 0 radical (unpaired) electrons. The smallest absolute Gasteiger partial charge is 0.417 e. The Balaban J connectivity index is 2.22. The molecule has 25 heavy (non-hydrogen) atoms. The van der Waals surface area contributed by atoms with Crippen molar-refractivity contribution in [2.24, 2.45) is 0 Å². The van der Waals surface area contributed by atoms with Crippen LogP contribution in [-0.4, -0.2) is 16.1 Å². The van der Waals surface area contributed by atoms with Gasteiger partial charge in [0.25, 0.3) is 0 Å². The first-order valence-corrected chi connectivity index (χ1v) is 7.30. The lowest BCUT2D eigenvalue weighted by molar-refractivity contribution is -0.138. The number of alkyl halides is 3. The largest absolute Gasteiger partial charge is 0.479 e. The fourth-order valence-electron chi connectivity index (χ4n) is 3.05. The van der Waals surface area contributed by atoms with Crippen molar-refractivity contribution in [3.05, 3.63) is 58.3 Å². The maximum Gasteiger partial charge on any atom is 0.417 e. The Labute approximate surface area is 140 Å².